The molecule has 0 radical (unpaired) electrons. The van der Waals surface area contributed by atoms with Crippen LogP contribution in [0.2, 0.25) is 0 Å². The summed E-state index contributed by atoms with van der Waals surface area (Å²) in [4.78, 5) is 12.9. The second-order valence-corrected chi connectivity index (χ2v) is 2.74. The van der Waals surface area contributed by atoms with Gasteiger partial charge in [0, 0.05) is 6.54 Å². The normalized spacial score (nSPS) is 8.93. The number of hydrogen-bond acceptors (Lipinski definition) is 2. The van der Waals surface area contributed by atoms with Gasteiger partial charge < -0.3 is 10.2 Å². The molecule has 0 bridgehead atoms. The number of rotatable bonds is 6. The van der Waals surface area contributed by atoms with E-state index in [0.29, 0.717) is 0 Å². The lowest BCUT2D eigenvalue weighted by molar-refractivity contribution is -0.116. The second kappa shape index (κ2) is 12.2. The van der Waals surface area contributed by atoms with Gasteiger partial charge in [-0.2, -0.15) is 0 Å². The Morgan fingerprint density at radius 1 is 1.50 bits per heavy atom. The summed E-state index contributed by atoms with van der Waals surface area (Å²) in [5, 5.41) is 2.73. The molecule has 14 heavy (non-hydrogen) atoms. The van der Waals surface area contributed by atoms with Gasteiger partial charge in [0.1, 0.15) is 0 Å². The summed E-state index contributed by atoms with van der Waals surface area (Å²) in [6.45, 7) is 12.3. The van der Waals surface area contributed by atoms with Gasteiger partial charge >= 0.3 is 0 Å². The third-order valence-corrected chi connectivity index (χ3v) is 1.74. The first-order chi connectivity index (χ1) is 6.70. The Bertz CT molecular complexity index is 146. The highest BCUT2D eigenvalue weighted by Crippen LogP contribution is 1.84. The minimum absolute atomic E-state index is 0.0887. The van der Waals surface area contributed by atoms with Crippen molar-refractivity contribution in [2.45, 2.75) is 27.2 Å². The van der Waals surface area contributed by atoms with Crippen LogP contribution in [0.1, 0.15) is 27.2 Å². The van der Waals surface area contributed by atoms with Crippen molar-refractivity contribution in [3.05, 3.63) is 12.7 Å². The fraction of sp³-hybridized carbons (Fsp3) is 0.727. The zero-order chi connectivity index (χ0) is 11.4. The van der Waals surface area contributed by atoms with Crippen molar-refractivity contribution >= 4 is 5.91 Å². The van der Waals surface area contributed by atoms with Crippen molar-refractivity contribution < 1.29 is 4.79 Å². The molecule has 84 valence electrons. The number of nitrogens with zero attached hydrogens (tertiary/aromatic N) is 1. The third-order valence-electron chi connectivity index (χ3n) is 1.74. The molecular formula is C11H24N2O. The second-order valence-electron chi connectivity index (χ2n) is 2.74. The van der Waals surface area contributed by atoms with E-state index < -0.39 is 0 Å². The Balaban J connectivity index is 0. The lowest BCUT2D eigenvalue weighted by atomic mass is 10.4. The average Bonchev–Trinajstić information content (AvgIpc) is 2.26. The molecule has 0 fully saturated rings. The van der Waals surface area contributed by atoms with Gasteiger partial charge in [0.25, 0.3) is 0 Å². The molecule has 0 saturated heterocycles. The predicted octanol–water partition coefficient (Wildman–Crippen LogP) is 1.66. The van der Waals surface area contributed by atoms with Crippen LogP contribution in [0.3, 0.4) is 0 Å². The standard InChI is InChI=1S/C9H18N2O.C2H6/c1-4-9(12)10-7-6-8-11(3)5-2;1-2/h4H,1,5-8H2,2-3H3,(H,10,12);1-2H3. The van der Waals surface area contributed by atoms with E-state index in [4.69, 9.17) is 0 Å². The van der Waals surface area contributed by atoms with E-state index in [9.17, 15) is 4.79 Å². The Kier molecular flexibility index (Phi) is 13.6. The van der Waals surface area contributed by atoms with Crippen molar-refractivity contribution in [1.82, 2.24) is 10.2 Å². The van der Waals surface area contributed by atoms with E-state index in [1.165, 1.54) is 6.08 Å². The van der Waals surface area contributed by atoms with Gasteiger partial charge in [-0.3, -0.25) is 4.79 Å². The molecule has 0 aliphatic rings. The summed E-state index contributed by atoms with van der Waals surface area (Å²) in [5.41, 5.74) is 0. The van der Waals surface area contributed by atoms with E-state index in [1.54, 1.807) is 0 Å². The van der Waals surface area contributed by atoms with Crippen molar-refractivity contribution in [2.75, 3.05) is 26.7 Å². The van der Waals surface area contributed by atoms with Crippen LogP contribution < -0.4 is 5.32 Å². The van der Waals surface area contributed by atoms with Crippen LogP contribution in [0.4, 0.5) is 0 Å². The number of hydrogen-bond donors (Lipinski definition) is 1. The Morgan fingerprint density at radius 2 is 2.07 bits per heavy atom. The van der Waals surface area contributed by atoms with Gasteiger partial charge in [-0.15, -0.1) is 0 Å². The van der Waals surface area contributed by atoms with Gasteiger partial charge in [-0.25, -0.2) is 0 Å². The molecule has 1 N–H and O–H groups in total. The van der Waals surface area contributed by atoms with Crippen LogP contribution in [-0.2, 0) is 4.79 Å². The number of carbonyl (C=O) groups excluding carboxylic acids is 1. The van der Waals surface area contributed by atoms with Crippen molar-refractivity contribution in [3.63, 3.8) is 0 Å². The molecule has 3 nitrogen and oxygen atoms in total. The summed E-state index contributed by atoms with van der Waals surface area (Å²) < 4.78 is 0. The van der Waals surface area contributed by atoms with Gasteiger partial charge in [0.2, 0.25) is 5.91 Å². The molecule has 0 rings (SSSR count). The maximum Gasteiger partial charge on any atom is 0.243 e. The Hall–Kier alpha value is -0.830. The highest BCUT2D eigenvalue weighted by atomic mass is 16.1. The van der Waals surface area contributed by atoms with E-state index in [0.717, 1.165) is 26.1 Å². The first-order valence-electron chi connectivity index (χ1n) is 5.29. The summed E-state index contributed by atoms with van der Waals surface area (Å²) in [5.74, 6) is -0.0887. The summed E-state index contributed by atoms with van der Waals surface area (Å²) >= 11 is 0. The molecule has 0 atom stereocenters. The summed E-state index contributed by atoms with van der Waals surface area (Å²) in [6, 6.07) is 0. The van der Waals surface area contributed by atoms with Crippen LogP contribution in [0.15, 0.2) is 12.7 Å². The first-order valence-corrected chi connectivity index (χ1v) is 5.29. The van der Waals surface area contributed by atoms with Crippen molar-refractivity contribution in [1.29, 1.82) is 0 Å². The molecule has 0 aromatic rings. The molecule has 3 heteroatoms. The van der Waals surface area contributed by atoms with Gasteiger partial charge in [0.05, 0.1) is 0 Å². The molecule has 1 amide bonds. The van der Waals surface area contributed by atoms with Crippen LogP contribution in [0.5, 0.6) is 0 Å². The van der Waals surface area contributed by atoms with Gasteiger partial charge in [0.15, 0.2) is 0 Å². The van der Waals surface area contributed by atoms with Crippen LogP contribution in [-0.4, -0.2) is 37.5 Å². The smallest absolute Gasteiger partial charge is 0.243 e. The molecular weight excluding hydrogens is 176 g/mol. The molecule has 0 aromatic heterocycles. The lowest BCUT2D eigenvalue weighted by Gasteiger charge is -2.12. The fourth-order valence-corrected chi connectivity index (χ4v) is 0.791. The van der Waals surface area contributed by atoms with Gasteiger partial charge in [-0.1, -0.05) is 27.4 Å². The minimum Gasteiger partial charge on any atom is -0.353 e. The van der Waals surface area contributed by atoms with E-state index in [-0.39, 0.29) is 5.91 Å². The van der Waals surface area contributed by atoms with E-state index in [1.807, 2.05) is 13.8 Å². The molecule has 0 aromatic carbocycles. The predicted molar refractivity (Wildman–Crippen MR) is 62.3 cm³/mol. The molecule has 0 aliphatic carbocycles. The summed E-state index contributed by atoms with van der Waals surface area (Å²) in [7, 11) is 2.06. The minimum atomic E-state index is -0.0887. The zero-order valence-electron chi connectivity index (χ0n) is 9.97. The Morgan fingerprint density at radius 3 is 2.50 bits per heavy atom. The number of amides is 1. The SMILES string of the molecule is C=CC(=O)NCCCN(C)CC.CC. The molecule has 0 saturated carbocycles. The van der Waals surface area contributed by atoms with Crippen LogP contribution >= 0.6 is 0 Å². The topological polar surface area (TPSA) is 32.3 Å². The molecule has 0 spiro atoms. The molecule has 0 heterocycles. The number of carbonyl (C=O) groups is 1. The molecule has 0 aliphatic heterocycles. The van der Waals surface area contributed by atoms with Crippen molar-refractivity contribution in [2.24, 2.45) is 0 Å². The maximum absolute atomic E-state index is 10.7. The monoisotopic (exact) mass is 200 g/mol. The lowest BCUT2D eigenvalue weighted by Crippen LogP contribution is -2.26. The van der Waals surface area contributed by atoms with E-state index in [2.05, 4.69) is 30.8 Å². The molecule has 0 unspecified atom stereocenters. The average molecular weight is 200 g/mol. The largest absolute Gasteiger partial charge is 0.353 e. The highest BCUT2D eigenvalue weighted by molar-refractivity contribution is 5.86. The summed E-state index contributed by atoms with van der Waals surface area (Å²) in [6.07, 6.45) is 2.29. The number of nitrogens with one attached hydrogen (secondary N) is 1. The van der Waals surface area contributed by atoms with Crippen LogP contribution in [0.25, 0.3) is 0 Å². The Labute approximate surface area is 88.2 Å². The first kappa shape index (κ1) is 15.6. The third kappa shape index (κ3) is 11.2. The zero-order valence-corrected chi connectivity index (χ0v) is 9.97. The maximum atomic E-state index is 10.7. The van der Waals surface area contributed by atoms with Gasteiger partial charge in [-0.05, 0) is 32.6 Å². The van der Waals surface area contributed by atoms with Crippen LogP contribution in [0, 0.1) is 0 Å². The van der Waals surface area contributed by atoms with Crippen molar-refractivity contribution in [3.8, 4) is 0 Å². The van der Waals surface area contributed by atoms with E-state index >= 15 is 0 Å². The quantitative estimate of drug-likeness (QED) is 0.522. The highest BCUT2D eigenvalue weighted by Gasteiger charge is 1.95. The fourth-order valence-electron chi connectivity index (χ4n) is 0.791.